The van der Waals surface area contributed by atoms with Gasteiger partial charge in [0.2, 0.25) is 11.8 Å². The number of aryl methyl sites for hydroxylation is 1. The van der Waals surface area contributed by atoms with Crippen molar-refractivity contribution in [2.75, 3.05) is 32.8 Å². The van der Waals surface area contributed by atoms with Gasteiger partial charge in [-0.15, -0.1) is 11.3 Å². The van der Waals surface area contributed by atoms with Crippen LogP contribution < -0.4 is 14.8 Å². The van der Waals surface area contributed by atoms with E-state index < -0.39 is 18.1 Å². The number of fused-ring (bicyclic) bond motifs is 2. The van der Waals surface area contributed by atoms with Crippen molar-refractivity contribution < 1.29 is 38.4 Å². The van der Waals surface area contributed by atoms with Crippen LogP contribution in [0.3, 0.4) is 0 Å². The molecule has 69 heavy (non-hydrogen) atoms. The van der Waals surface area contributed by atoms with Crippen molar-refractivity contribution in [1.29, 1.82) is 0 Å². The van der Waals surface area contributed by atoms with Gasteiger partial charge in [-0.25, -0.2) is 4.98 Å². The molecule has 17 heteroatoms. The fourth-order valence-corrected chi connectivity index (χ4v) is 11.9. The summed E-state index contributed by atoms with van der Waals surface area (Å²) in [7, 11) is 0. The minimum atomic E-state index is -0.817. The van der Waals surface area contributed by atoms with E-state index >= 15 is 0 Å². The molecule has 0 unspecified atom stereocenters. The van der Waals surface area contributed by atoms with Gasteiger partial charge in [0.25, 0.3) is 11.6 Å². The van der Waals surface area contributed by atoms with Gasteiger partial charge >= 0.3 is 0 Å². The third-order valence-corrected chi connectivity index (χ3v) is 16.1. The van der Waals surface area contributed by atoms with Crippen LogP contribution in [0, 0.1) is 23.0 Å². The van der Waals surface area contributed by atoms with Gasteiger partial charge in [-0.2, -0.15) is 0 Å². The number of aromatic nitrogens is 2. The number of nitro benzene ring substituents is 1. The maximum atomic E-state index is 14.2. The van der Waals surface area contributed by atoms with E-state index in [-0.39, 0.29) is 65.7 Å². The largest absolute Gasteiger partial charge is 0.490 e. The highest BCUT2D eigenvalue weighted by Crippen LogP contribution is 2.43. The molecule has 5 aromatic rings. The second-order valence-electron chi connectivity index (χ2n) is 19.3. The normalized spacial score (nSPS) is 21.3. The standard InChI is InChI=1S/C52H62N6O9S2/c1-31(2)49(52(61)57-29-39(59)24-44(57)51(60)54-32(3)34-8-10-35(11-9-34)50-33(4)53-30-68-50)45-28-48(55-67-45)64-21-7-5-6-18-56-19-16-40(17-20-56)65-42-25-43(26-42)66-41-15-13-37-22-36-12-14-38(58(62)63)23-46(36)69-47(37)27-41/h8-15,23,27-28,30-32,39-40,42-44,49,59H,5-7,16-22,24-26,29H2,1-4H3,(H,54,60)/t32-,39+,42?,43?,44-,49+/m0/s1. The number of aliphatic hydroxyl groups is 1. The summed E-state index contributed by atoms with van der Waals surface area (Å²) in [6, 6.07) is 19.9. The van der Waals surface area contributed by atoms with Crippen molar-refractivity contribution >= 4 is 40.6 Å². The molecule has 2 amide bonds. The van der Waals surface area contributed by atoms with Gasteiger partial charge in [0, 0.05) is 66.9 Å². The zero-order chi connectivity index (χ0) is 48.2. The number of amides is 2. The SMILES string of the molecule is Cc1ncsc1-c1ccc([C@H](C)NC(=O)[C@@H]2C[C@@H](O)CN2C(=O)[C@@H](c2cc(OCCCCCN3CCC(OC4CC(Oc5ccc6c(c5)Sc5cc([N+](=O)[O-])ccc5C6)C4)CC3)no2)C(C)C)cc1. The first-order chi connectivity index (χ1) is 33.3. The number of thiazole rings is 1. The van der Waals surface area contributed by atoms with Crippen molar-refractivity contribution in [2.24, 2.45) is 5.92 Å². The molecule has 3 aliphatic heterocycles. The number of piperidine rings is 1. The summed E-state index contributed by atoms with van der Waals surface area (Å²) in [4.78, 5) is 50.3. The molecule has 3 fully saturated rings. The third-order valence-electron chi connectivity index (χ3n) is 13.9. The number of carbonyl (C=O) groups is 2. The van der Waals surface area contributed by atoms with E-state index in [1.54, 1.807) is 41.3 Å². The zero-order valence-corrected chi connectivity index (χ0v) is 41.3. The van der Waals surface area contributed by atoms with Gasteiger partial charge in [-0.05, 0) is 104 Å². The number of ether oxygens (including phenoxy) is 3. The van der Waals surface area contributed by atoms with Crippen LogP contribution in [-0.4, -0.2) is 105 Å². The molecule has 0 spiro atoms. The average molecular weight is 979 g/mol. The Bertz CT molecular complexity index is 2590. The number of rotatable bonds is 19. The molecule has 15 nitrogen and oxygen atoms in total. The smallest absolute Gasteiger partial charge is 0.270 e. The molecule has 2 aromatic heterocycles. The second-order valence-corrected chi connectivity index (χ2v) is 21.3. The molecule has 2 N–H and O–H groups in total. The van der Waals surface area contributed by atoms with E-state index in [9.17, 15) is 24.8 Å². The number of hydrogen-bond acceptors (Lipinski definition) is 14. The molecule has 4 atom stereocenters. The van der Waals surface area contributed by atoms with E-state index in [2.05, 4.69) is 32.5 Å². The van der Waals surface area contributed by atoms with Crippen LogP contribution in [0.1, 0.15) is 112 Å². The first-order valence-electron chi connectivity index (χ1n) is 24.4. The van der Waals surface area contributed by atoms with Crippen LogP contribution in [0.4, 0.5) is 5.69 Å². The van der Waals surface area contributed by atoms with Crippen molar-refractivity contribution in [3.8, 4) is 22.1 Å². The molecule has 5 heterocycles. The van der Waals surface area contributed by atoms with Crippen molar-refractivity contribution in [3.05, 3.63) is 110 Å². The van der Waals surface area contributed by atoms with Crippen LogP contribution >= 0.6 is 23.1 Å². The Hall–Kier alpha value is -5.33. The lowest BCUT2D eigenvalue weighted by Gasteiger charge is -2.40. The Labute approximate surface area is 411 Å². The van der Waals surface area contributed by atoms with Crippen molar-refractivity contribution in [3.63, 3.8) is 0 Å². The lowest BCUT2D eigenvalue weighted by molar-refractivity contribution is -0.385. The molecule has 3 aromatic carbocycles. The first kappa shape index (κ1) is 48.7. The van der Waals surface area contributed by atoms with E-state index in [1.165, 1.54) is 10.5 Å². The first-order valence-corrected chi connectivity index (χ1v) is 26.1. The number of aliphatic hydroxyl groups excluding tert-OH is 1. The van der Waals surface area contributed by atoms with Crippen LogP contribution in [0.15, 0.2) is 86.6 Å². The highest BCUT2D eigenvalue weighted by molar-refractivity contribution is 7.99. The number of non-ortho nitro benzene ring substituents is 1. The molecule has 366 valence electrons. The second kappa shape index (κ2) is 21.8. The predicted octanol–water partition coefficient (Wildman–Crippen LogP) is 9.29. The van der Waals surface area contributed by atoms with Gasteiger partial charge in [-0.1, -0.05) is 62.0 Å². The van der Waals surface area contributed by atoms with Crippen LogP contribution in [-0.2, 0) is 20.7 Å². The summed E-state index contributed by atoms with van der Waals surface area (Å²) >= 11 is 3.16. The monoisotopic (exact) mass is 978 g/mol. The van der Waals surface area contributed by atoms with Gasteiger partial charge in [-0.3, -0.25) is 19.7 Å². The Morgan fingerprint density at radius 3 is 2.42 bits per heavy atom. The summed E-state index contributed by atoms with van der Waals surface area (Å²) < 4.78 is 24.5. The molecular formula is C52H62N6O9S2. The van der Waals surface area contributed by atoms with E-state index in [1.807, 2.05) is 69.6 Å². The topological polar surface area (TPSA) is 183 Å². The average Bonchev–Trinajstić information content (AvgIpc) is 4.08. The number of hydrogen-bond donors (Lipinski definition) is 2. The predicted molar refractivity (Wildman–Crippen MR) is 263 cm³/mol. The Balaban J connectivity index is 0.654. The Morgan fingerprint density at radius 2 is 1.70 bits per heavy atom. The number of nitrogens with zero attached hydrogens (tertiary/aromatic N) is 5. The Morgan fingerprint density at radius 1 is 0.942 bits per heavy atom. The number of carbonyl (C=O) groups excluding carboxylic acids is 2. The van der Waals surface area contributed by atoms with Gasteiger partial charge < -0.3 is 39.0 Å². The number of β-amino-alcohol motifs (C(OH)–C–C–N with tert-alkyl or cyclic N) is 1. The number of nitrogens with one attached hydrogen (secondary N) is 1. The molecule has 4 aliphatic rings. The summed E-state index contributed by atoms with van der Waals surface area (Å²) in [5.74, 6) is 0.0887. The molecule has 1 aliphatic carbocycles. The molecule has 0 radical (unpaired) electrons. The Kier molecular flexibility index (Phi) is 15.3. The lowest BCUT2D eigenvalue weighted by atomic mass is 9.91. The molecular weight excluding hydrogens is 917 g/mol. The number of benzene rings is 3. The van der Waals surface area contributed by atoms with Crippen LogP contribution in [0.25, 0.3) is 10.4 Å². The molecule has 0 bridgehead atoms. The maximum absolute atomic E-state index is 14.2. The summed E-state index contributed by atoms with van der Waals surface area (Å²) in [6.45, 7) is 11.4. The van der Waals surface area contributed by atoms with Crippen LogP contribution in [0.2, 0.25) is 0 Å². The van der Waals surface area contributed by atoms with Crippen molar-refractivity contribution in [2.45, 2.75) is 138 Å². The number of nitro groups is 1. The number of likely N-dealkylation sites (tertiary alicyclic amines) is 2. The van der Waals surface area contributed by atoms with E-state index in [4.69, 9.17) is 18.7 Å². The van der Waals surface area contributed by atoms with E-state index in [0.29, 0.717) is 18.2 Å². The van der Waals surface area contributed by atoms with Gasteiger partial charge in [0.1, 0.15) is 23.8 Å². The highest BCUT2D eigenvalue weighted by atomic mass is 32.2. The minimum absolute atomic E-state index is 0.0624. The van der Waals surface area contributed by atoms with E-state index in [0.717, 1.165) is 114 Å². The molecule has 2 saturated heterocycles. The number of unbranched alkanes of at least 4 members (excludes halogenated alkanes) is 2. The summed E-state index contributed by atoms with van der Waals surface area (Å²) in [5, 5.41) is 29.2. The highest BCUT2D eigenvalue weighted by Gasteiger charge is 2.44. The summed E-state index contributed by atoms with van der Waals surface area (Å²) in [5.41, 5.74) is 7.26. The molecule has 9 rings (SSSR count). The summed E-state index contributed by atoms with van der Waals surface area (Å²) in [6.07, 6.45) is 7.46. The fourth-order valence-electron chi connectivity index (χ4n) is 9.92. The maximum Gasteiger partial charge on any atom is 0.270 e. The van der Waals surface area contributed by atoms with Crippen molar-refractivity contribution in [1.82, 2.24) is 25.3 Å². The molecule has 1 saturated carbocycles. The van der Waals surface area contributed by atoms with Gasteiger partial charge in [0.05, 0.1) is 52.0 Å². The third kappa shape index (κ3) is 11.7. The quantitative estimate of drug-likeness (QED) is 0.0445. The fraction of sp³-hybridized carbons (Fsp3) is 0.500. The zero-order valence-electron chi connectivity index (χ0n) is 39.7. The minimum Gasteiger partial charge on any atom is -0.490 e. The van der Waals surface area contributed by atoms with Gasteiger partial charge in [0.15, 0.2) is 5.76 Å². The lowest BCUT2D eigenvalue weighted by Crippen LogP contribution is -2.48. The van der Waals surface area contributed by atoms with Crippen LogP contribution in [0.5, 0.6) is 11.6 Å².